The number of rotatable bonds is 22. The van der Waals surface area contributed by atoms with Gasteiger partial charge in [-0.1, -0.05) is 13.8 Å². The number of ketones is 1. The number of hydrogen-bond donors (Lipinski definition) is 0. The van der Waals surface area contributed by atoms with Gasteiger partial charge in [0.15, 0.2) is 0 Å². The minimum Gasteiger partial charge on any atom is -0.374 e. The van der Waals surface area contributed by atoms with Crippen LogP contribution in [0.25, 0.3) is 0 Å². The first-order valence-corrected chi connectivity index (χ1v) is 16.3. The van der Waals surface area contributed by atoms with E-state index in [-0.39, 0.29) is 11.1 Å². The third-order valence-corrected chi connectivity index (χ3v) is 12.6. The van der Waals surface area contributed by atoms with Gasteiger partial charge in [-0.3, -0.25) is 4.79 Å². The Bertz CT molecular complexity index is 405. The third-order valence-electron chi connectivity index (χ3n) is 5.47. The van der Waals surface area contributed by atoms with Gasteiger partial charge in [-0.05, 0) is 67.2 Å². The topological polar surface area (TPSA) is 72.5 Å². The lowest BCUT2D eigenvalue weighted by Crippen LogP contribution is -2.49. The molecule has 0 aromatic rings. The summed E-state index contributed by atoms with van der Waals surface area (Å²) in [6.45, 7) is 19.5. The molecule has 0 amide bonds. The minimum atomic E-state index is -2.70. The van der Waals surface area contributed by atoms with Gasteiger partial charge < -0.3 is 26.6 Å². The molecule has 0 radical (unpaired) electrons. The van der Waals surface area contributed by atoms with Crippen LogP contribution in [0.3, 0.4) is 0 Å². The molecule has 0 aliphatic carbocycles. The van der Waals surface area contributed by atoms with Crippen LogP contribution in [0.15, 0.2) is 0 Å². The molecule has 2 atom stereocenters. The second-order valence-electron chi connectivity index (χ2n) is 7.93. The van der Waals surface area contributed by atoms with Crippen LogP contribution in [-0.4, -0.2) is 63.0 Å². The molecule has 2 unspecified atom stereocenters. The summed E-state index contributed by atoms with van der Waals surface area (Å²) in [5.41, 5.74) is 0.343. The van der Waals surface area contributed by atoms with Crippen molar-refractivity contribution in [1.82, 2.24) is 0 Å². The van der Waals surface area contributed by atoms with Gasteiger partial charge in [-0.15, -0.1) is 0 Å². The van der Waals surface area contributed by atoms with Gasteiger partial charge in [-0.2, -0.15) is 0 Å². The van der Waals surface area contributed by atoms with Gasteiger partial charge in [0.2, 0.25) is 0 Å². The van der Waals surface area contributed by atoms with Crippen molar-refractivity contribution in [2.24, 2.45) is 0 Å². The zero-order valence-electron chi connectivity index (χ0n) is 22.0. The van der Waals surface area contributed by atoms with Crippen molar-refractivity contribution in [3.8, 4) is 0 Å². The Hall–Kier alpha value is -0.136. The molecule has 0 heterocycles. The molecule has 9 heteroatoms. The Balaban J connectivity index is 4.59. The average Bonchev–Trinajstić information content (AvgIpc) is 2.74. The Morgan fingerprint density at radius 3 is 1.03 bits per heavy atom. The normalized spacial score (nSPS) is 14.5. The standard InChI is InChI=1S/C23H50O7Si2/c1-9-25-31(26-10-2,27-11-3)21(7)17-15-19-23(24)20-16-18-22(8)32(28-12-4,29-13-5)30-14-6/h21-22H,9-20H2,1-8H3. The molecule has 0 fully saturated rings. The van der Waals surface area contributed by atoms with Gasteiger partial charge >= 0.3 is 17.6 Å². The summed E-state index contributed by atoms with van der Waals surface area (Å²) in [5, 5.41) is 0. The lowest BCUT2D eigenvalue weighted by molar-refractivity contribution is -0.119. The lowest BCUT2D eigenvalue weighted by Gasteiger charge is -2.33. The van der Waals surface area contributed by atoms with Crippen molar-refractivity contribution < 1.29 is 31.4 Å². The van der Waals surface area contributed by atoms with E-state index in [1.54, 1.807) is 0 Å². The van der Waals surface area contributed by atoms with Crippen molar-refractivity contribution in [2.45, 2.75) is 105 Å². The smallest absolute Gasteiger partial charge is 0.374 e. The molecular formula is C23H50O7Si2. The van der Waals surface area contributed by atoms with E-state index in [1.807, 2.05) is 41.5 Å². The fourth-order valence-electron chi connectivity index (χ4n) is 4.00. The predicted molar refractivity (Wildman–Crippen MR) is 133 cm³/mol. The van der Waals surface area contributed by atoms with E-state index in [4.69, 9.17) is 26.6 Å². The molecule has 0 rings (SSSR count). The SMILES string of the molecule is CCO[Si](OCC)(OCC)C(C)CCCC(=O)CCCC(C)[Si](OCC)(OCC)OCC. The van der Waals surface area contributed by atoms with E-state index in [9.17, 15) is 4.79 Å². The number of carbonyl (C=O) groups excluding carboxylic acids is 1. The Morgan fingerprint density at radius 2 is 0.812 bits per heavy atom. The highest BCUT2D eigenvalue weighted by molar-refractivity contribution is 6.62. The summed E-state index contributed by atoms with van der Waals surface area (Å²) in [7, 11) is -5.41. The van der Waals surface area contributed by atoms with Crippen molar-refractivity contribution in [3.63, 3.8) is 0 Å². The highest BCUT2D eigenvalue weighted by Crippen LogP contribution is 2.32. The molecule has 7 nitrogen and oxygen atoms in total. The highest BCUT2D eigenvalue weighted by Gasteiger charge is 2.47. The summed E-state index contributed by atoms with van der Waals surface area (Å²) in [6.07, 6.45) is 4.55. The fraction of sp³-hybridized carbons (Fsp3) is 0.957. The first-order chi connectivity index (χ1) is 15.3. The summed E-state index contributed by atoms with van der Waals surface area (Å²) in [6, 6.07) is 0. The molecule has 0 aliphatic rings. The summed E-state index contributed by atoms with van der Waals surface area (Å²) < 4.78 is 35.9. The molecule has 0 aromatic heterocycles. The Labute approximate surface area is 199 Å². The number of hydrogen-bond acceptors (Lipinski definition) is 7. The van der Waals surface area contributed by atoms with Crippen LogP contribution in [0.4, 0.5) is 0 Å². The van der Waals surface area contributed by atoms with Gasteiger partial charge in [-0.25, -0.2) is 0 Å². The average molecular weight is 495 g/mol. The van der Waals surface area contributed by atoms with E-state index in [1.165, 1.54) is 0 Å². The van der Waals surface area contributed by atoms with E-state index in [0.29, 0.717) is 58.3 Å². The second kappa shape index (κ2) is 18.2. The molecule has 0 saturated carbocycles. The van der Waals surface area contributed by atoms with Crippen LogP contribution in [0.5, 0.6) is 0 Å². The zero-order chi connectivity index (χ0) is 24.5. The van der Waals surface area contributed by atoms with E-state index in [2.05, 4.69) is 13.8 Å². The Kier molecular flexibility index (Phi) is 18.1. The fourth-order valence-corrected chi connectivity index (χ4v) is 9.74. The maximum Gasteiger partial charge on any atom is 0.503 e. The van der Waals surface area contributed by atoms with E-state index >= 15 is 0 Å². The van der Waals surface area contributed by atoms with Crippen molar-refractivity contribution >= 4 is 23.4 Å². The van der Waals surface area contributed by atoms with Crippen LogP contribution in [0.1, 0.15) is 93.9 Å². The van der Waals surface area contributed by atoms with Crippen molar-refractivity contribution in [3.05, 3.63) is 0 Å². The van der Waals surface area contributed by atoms with Crippen LogP contribution in [0, 0.1) is 0 Å². The van der Waals surface area contributed by atoms with E-state index < -0.39 is 17.6 Å². The first kappa shape index (κ1) is 31.9. The molecule has 0 saturated heterocycles. The molecule has 0 aromatic carbocycles. The Morgan fingerprint density at radius 1 is 0.562 bits per heavy atom. The molecule has 32 heavy (non-hydrogen) atoms. The van der Waals surface area contributed by atoms with Crippen molar-refractivity contribution in [1.29, 1.82) is 0 Å². The van der Waals surface area contributed by atoms with Gasteiger partial charge in [0, 0.05) is 63.6 Å². The van der Waals surface area contributed by atoms with Crippen LogP contribution in [0.2, 0.25) is 11.1 Å². The molecule has 0 aliphatic heterocycles. The second-order valence-corrected chi connectivity index (χ2v) is 14.0. The molecule has 0 spiro atoms. The molecule has 0 bridgehead atoms. The quantitative estimate of drug-likeness (QED) is 0.177. The first-order valence-electron chi connectivity index (χ1n) is 12.7. The summed E-state index contributed by atoms with van der Waals surface area (Å²) >= 11 is 0. The molecule has 192 valence electrons. The van der Waals surface area contributed by atoms with E-state index in [0.717, 1.165) is 25.7 Å². The van der Waals surface area contributed by atoms with Crippen LogP contribution < -0.4 is 0 Å². The zero-order valence-corrected chi connectivity index (χ0v) is 24.0. The summed E-state index contributed by atoms with van der Waals surface area (Å²) in [4.78, 5) is 12.5. The largest absolute Gasteiger partial charge is 0.503 e. The van der Waals surface area contributed by atoms with Crippen molar-refractivity contribution in [2.75, 3.05) is 39.6 Å². The monoisotopic (exact) mass is 494 g/mol. The lowest BCUT2D eigenvalue weighted by atomic mass is 10.1. The molecule has 0 N–H and O–H groups in total. The van der Waals surface area contributed by atoms with Gasteiger partial charge in [0.1, 0.15) is 5.78 Å². The number of carbonyl (C=O) groups is 1. The van der Waals surface area contributed by atoms with Crippen LogP contribution >= 0.6 is 0 Å². The maximum absolute atomic E-state index is 12.5. The number of Topliss-reactive ketones (excluding diaryl/α,β-unsaturated/α-hetero) is 1. The maximum atomic E-state index is 12.5. The highest BCUT2D eigenvalue weighted by atomic mass is 28.4. The molecular weight excluding hydrogens is 444 g/mol. The van der Waals surface area contributed by atoms with Crippen LogP contribution in [-0.2, 0) is 31.4 Å². The summed E-state index contributed by atoms with van der Waals surface area (Å²) in [5.74, 6) is 0.303. The predicted octanol–water partition coefficient (Wildman–Crippen LogP) is 5.77. The minimum absolute atomic E-state index is 0.172. The van der Waals surface area contributed by atoms with Gasteiger partial charge in [0.05, 0.1) is 0 Å². The van der Waals surface area contributed by atoms with Gasteiger partial charge in [0.25, 0.3) is 0 Å². The third kappa shape index (κ3) is 10.9.